The van der Waals surface area contributed by atoms with Gasteiger partial charge in [0.2, 0.25) is 0 Å². The molecule has 0 saturated carbocycles. The summed E-state index contributed by atoms with van der Waals surface area (Å²) in [6, 6.07) is 6.80. The fourth-order valence-electron chi connectivity index (χ4n) is 1.09. The van der Waals surface area contributed by atoms with Gasteiger partial charge in [-0.05, 0) is 17.9 Å². The third kappa shape index (κ3) is 2.96. The molecular formula is C10H9FN2S3. The number of hydrogen-bond acceptors (Lipinski definition) is 5. The van der Waals surface area contributed by atoms with Crippen molar-refractivity contribution in [3.8, 4) is 0 Å². The molecule has 16 heavy (non-hydrogen) atoms. The zero-order chi connectivity index (χ0) is 11.4. The Morgan fingerprint density at radius 1 is 1.25 bits per heavy atom. The van der Waals surface area contributed by atoms with E-state index >= 15 is 0 Å². The molecular weight excluding hydrogens is 263 g/mol. The number of benzene rings is 1. The van der Waals surface area contributed by atoms with Gasteiger partial charge in [-0.25, -0.2) is 4.39 Å². The normalized spacial score (nSPS) is 10.6. The van der Waals surface area contributed by atoms with Crippen molar-refractivity contribution in [1.82, 2.24) is 10.2 Å². The Morgan fingerprint density at radius 3 is 2.69 bits per heavy atom. The molecule has 0 aliphatic rings. The lowest BCUT2D eigenvalue weighted by Crippen LogP contribution is -1.85. The second-order valence-corrected chi connectivity index (χ2v) is 6.17. The van der Waals surface area contributed by atoms with Gasteiger partial charge in [-0.2, -0.15) is 0 Å². The molecule has 1 heterocycles. The third-order valence-corrected chi connectivity index (χ3v) is 4.95. The molecule has 6 heteroatoms. The van der Waals surface area contributed by atoms with Crippen LogP contribution in [0.25, 0.3) is 0 Å². The molecule has 0 N–H and O–H groups in total. The van der Waals surface area contributed by atoms with E-state index in [2.05, 4.69) is 10.2 Å². The van der Waals surface area contributed by atoms with Crippen molar-refractivity contribution < 1.29 is 4.39 Å². The standard InChI is InChI=1S/C10H9FN2S3/c1-14-9-12-13-10(16-9)15-6-7-4-2-3-5-8(7)11/h2-5H,6H2,1H3. The molecule has 0 aliphatic heterocycles. The van der Waals surface area contributed by atoms with E-state index < -0.39 is 0 Å². The quantitative estimate of drug-likeness (QED) is 0.793. The summed E-state index contributed by atoms with van der Waals surface area (Å²) < 4.78 is 15.1. The summed E-state index contributed by atoms with van der Waals surface area (Å²) in [7, 11) is 0. The van der Waals surface area contributed by atoms with Crippen molar-refractivity contribution in [3.63, 3.8) is 0 Å². The summed E-state index contributed by atoms with van der Waals surface area (Å²) in [6.45, 7) is 0. The Balaban J connectivity index is 1.99. The van der Waals surface area contributed by atoms with Crippen molar-refractivity contribution in [3.05, 3.63) is 35.6 Å². The molecule has 0 bridgehead atoms. The van der Waals surface area contributed by atoms with E-state index in [4.69, 9.17) is 0 Å². The van der Waals surface area contributed by atoms with E-state index in [1.54, 1.807) is 23.9 Å². The number of rotatable bonds is 4. The minimum absolute atomic E-state index is 0.162. The van der Waals surface area contributed by atoms with Gasteiger partial charge in [-0.3, -0.25) is 0 Å². The van der Waals surface area contributed by atoms with E-state index in [9.17, 15) is 4.39 Å². The molecule has 2 nitrogen and oxygen atoms in total. The maximum absolute atomic E-state index is 13.3. The predicted molar refractivity (Wildman–Crippen MR) is 67.7 cm³/mol. The molecule has 2 aromatic rings. The summed E-state index contributed by atoms with van der Waals surface area (Å²) in [4.78, 5) is 0. The number of hydrogen-bond donors (Lipinski definition) is 0. The largest absolute Gasteiger partial charge is 0.207 e. The van der Waals surface area contributed by atoms with Crippen molar-refractivity contribution in [2.24, 2.45) is 0 Å². The summed E-state index contributed by atoms with van der Waals surface area (Å²) in [5.74, 6) is 0.431. The van der Waals surface area contributed by atoms with Crippen LogP contribution in [0, 0.1) is 5.82 Å². The molecule has 0 fully saturated rings. The lowest BCUT2D eigenvalue weighted by molar-refractivity contribution is 0.617. The van der Waals surface area contributed by atoms with E-state index in [0.717, 1.165) is 8.68 Å². The maximum Gasteiger partial charge on any atom is 0.175 e. The molecule has 0 atom stereocenters. The van der Waals surface area contributed by atoms with E-state index in [0.29, 0.717) is 11.3 Å². The minimum atomic E-state index is -0.162. The molecule has 0 unspecified atom stereocenters. The molecule has 1 aromatic carbocycles. The number of thioether (sulfide) groups is 2. The van der Waals surface area contributed by atoms with Crippen LogP contribution in [0.5, 0.6) is 0 Å². The third-order valence-electron chi connectivity index (χ3n) is 1.87. The molecule has 0 aliphatic carbocycles. The van der Waals surface area contributed by atoms with Gasteiger partial charge in [0, 0.05) is 5.75 Å². The van der Waals surface area contributed by atoms with Crippen LogP contribution in [0.3, 0.4) is 0 Å². The Hall–Kier alpha value is -0.590. The molecule has 0 saturated heterocycles. The fourth-order valence-corrected chi connectivity index (χ4v) is 3.52. The molecule has 0 amide bonds. The Morgan fingerprint density at radius 2 is 2.00 bits per heavy atom. The molecule has 0 radical (unpaired) electrons. The molecule has 84 valence electrons. The molecule has 0 spiro atoms. The highest BCUT2D eigenvalue weighted by Gasteiger charge is 2.06. The van der Waals surface area contributed by atoms with E-state index in [-0.39, 0.29) is 5.82 Å². The van der Waals surface area contributed by atoms with Crippen LogP contribution < -0.4 is 0 Å². The highest BCUT2D eigenvalue weighted by molar-refractivity contribution is 8.02. The first-order valence-electron chi connectivity index (χ1n) is 4.53. The summed E-state index contributed by atoms with van der Waals surface area (Å²) in [5, 5.41) is 8.01. The van der Waals surface area contributed by atoms with Crippen LogP contribution in [0.4, 0.5) is 4.39 Å². The second kappa shape index (κ2) is 5.65. The number of nitrogens with zero attached hydrogens (tertiary/aromatic N) is 2. The second-order valence-electron chi connectivity index (χ2n) is 2.92. The fraction of sp³-hybridized carbons (Fsp3) is 0.200. The van der Waals surface area contributed by atoms with E-state index in [1.165, 1.54) is 29.2 Å². The van der Waals surface area contributed by atoms with Crippen molar-refractivity contribution >= 4 is 34.9 Å². The van der Waals surface area contributed by atoms with Gasteiger partial charge in [-0.1, -0.05) is 53.1 Å². The van der Waals surface area contributed by atoms with Crippen molar-refractivity contribution in [2.75, 3.05) is 6.26 Å². The average Bonchev–Trinajstić information content (AvgIpc) is 2.76. The van der Waals surface area contributed by atoms with Gasteiger partial charge >= 0.3 is 0 Å². The Bertz CT molecular complexity index is 473. The number of aromatic nitrogens is 2. The van der Waals surface area contributed by atoms with Crippen LogP contribution in [-0.4, -0.2) is 16.5 Å². The summed E-state index contributed by atoms with van der Waals surface area (Å²) >= 11 is 4.63. The van der Waals surface area contributed by atoms with Crippen LogP contribution in [0.15, 0.2) is 32.9 Å². The zero-order valence-electron chi connectivity index (χ0n) is 8.51. The monoisotopic (exact) mass is 272 g/mol. The lowest BCUT2D eigenvalue weighted by atomic mass is 10.2. The van der Waals surface area contributed by atoms with Crippen LogP contribution in [-0.2, 0) is 5.75 Å². The summed E-state index contributed by atoms with van der Waals surface area (Å²) in [5.41, 5.74) is 0.702. The van der Waals surface area contributed by atoms with Crippen LogP contribution in [0.2, 0.25) is 0 Å². The molecule has 1 aromatic heterocycles. The summed E-state index contributed by atoms with van der Waals surface area (Å²) in [6.07, 6.45) is 1.96. The first-order valence-corrected chi connectivity index (χ1v) is 7.56. The van der Waals surface area contributed by atoms with Gasteiger partial charge in [0.05, 0.1) is 0 Å². The minimum Gasteiger partial charge on any atom is -0.207 e. The average molecular weight is 272 g/mol. The van der Waals surface area contributed by atoms with E-state index in [1.807, 2.05) is 12.3 Å². The van der Waals surface area contributed by atoms with Crippen molar-refractivity contribution in [2.45, 2.75) is 14.4 Å². The van der Waals surface area contributed by atoms with Crippen molar-refractivity contribution in [1.29, 1.82) is 0 Å². The first-order chi connectivity index (χ1) is 7.79. The van der Waals surface area contributed by atoms with Gasteiger partial charge in [0.25, 0.3) is 0 Å². The highest BCUT2D eigenvalue weighted by Crippen LogP contribution is 2.29. The van der Waals surface area contributed by atoms with Gasteiger partial charge in [0.1, 0.15) is 5.82 Å². The van der Waals surface area contributed by atoms with Gasteiger partial charge in [-0.15, -0.1) is 10.2 Å². The SMILES string of the molecule is CSc1nnc(SCc2ccccc2F)s1. The van der Waals surface area contributed by atoms with Gasteiger partial charge < -0.3 is 0 Å². The Kier molecular flexibility index (Phi) is 4.20. The first kappa shape index (κ1) is 11.9. The predicted octanol–water partition coefficient (Wildman–Crippen LogP) is 3.69. The smallest absolute Gasteiger partial charge is 0.175 e. The van der Waals surface area contributed by atoms with Crippen LogP contribution in [0.1, 0.15) is 5.56 Å². The topological polar surface area (TPSA) is 25.8 Å². The van der Waals surface area contributed by atoms with Gasteiger partial charge in [0.15, 0.2) is 8.68 Å². The number of halogens is 1. The van der Waals surface area contributed by atoms with Crippen LogP contribution >= 0.6 is 34.9 Å². The lowest BCUT2D eigenvalue weighted by Gasteiger charge is -1.99. The highest BCUT2D eigenvalue weighted by atomic mass is 32.2. The molecule has 2 rings (SSSR count). The zero-order valence-corrected chi connectivity index (χ0v) is 11.0. The Labute approximate surface area is 106 Å². The maximum atomic E-state index is 13.3.